The Morgan fingerprint density at radius 3 is 1.89 bits per heavy atom. The van der Waals surface area contributed by atoms with Crippen molar-refractivity contribution in [2.45, 2.75) is 13.5 Å². The minimum atomic E-state index is 0.940. The van der Waals surface area contributed by atoms with E-state index in [1.807, 2.05) is 35.5 Å². The normalized spacial score (nSPS) is 11.7. The predicted octanol–water partition coefficient (Wildman–Crippen LogP) is 9.16. The van der Waals surface area contributed by atoms with Gasteiger partial charge in [0.1, 0.15) is 0 Å². The quantitative estimate of drug-likeness (QED) is 0.124. The molecule has 6 aromatic rings. The first-order valence-corrected chi connectivity index (χ1v) is 13.0. The van der Waals surface area contributed by atoms with Crippen molar-refractivity contribution < 1.29 is 0 Å². The largest absolute Gasteiger partial charge is 0.341 e. The molecule has 1 aromatic heterocycles. The molecule has 3 nitrogen and oxygen atoms in total. The topological polar surface area (TPSA) is 20.5 Å². The molecule has 0 N–H and O–H groups in total. The average molecular weight is 492 g/mol. The predicted molar refractivity (Wildman–Crippen MR) is 163 cm³/mol. The van der Waals surface area contributed by atoms with E-state index in [0.717, 1.165) is 29.0 Å². The lowest BCUT2D eigenvalue weighted by Gasteiger charge is -2.19. The van der Waals surface area contributed by atoms with Crippen molar-refractivity contribution in [1.82, 2.24) is 4.57 Å². The lowest BCUT2D eigenvalue weighted by Crippen LogP contribution is -2.09. The Morgan fingerprint density at radius 1 is 0.579 bits per heavy atom. The molecule has 184 valence electrons. The maximum atomic E-state index is 4.96. The second kappa shape index (κ2) is 10.6. The Bertz CT molecular complexity index is 1730. The number of para-hydroxylation sites is 2. The highest BCUT2D eigenvalue weighted by molar-refractivity contribution is 6.09. The molecule has 0 atom stereocenters. The molecule has 0 aliphatic rings. The SMILES string of the molecule is CCn1c2ccccc2c2cc(C=NN(c3ccccc3)c3ccc(C=Cc4ccccc4)cc3)ccc21. The van der Waals surface area contributed by atoms with Gasteiger partial charge in [0.15, 0.2) is 0 Å². The highest BCUT2D eigenvalue weighted by Crippen LogP contribution is 2.30. The van der Waals surface area contributed by atoms with Gasteiger partial charge >= 0.3 is 0 Å². The van der Waals surface area contributed by atoms with Crippen LogP contribution in [-0.4, -0.2) is 10.8 Å². The van der Waals surface area contributed by atoms with Gasteiger partial charge in [-0.1, -0.05) is 97.1 Å². The Labute approximate surface area is 223 Å². The Balaban J connectivity index is 1.33. The van der Waals surface area contributed by atoms with E-state index < -0.39 is 0 Å². The molecule has 0 amide bonds. The summed E-state index contributed by atoms with van der Waals surface area (Å²) in [5, 5.41) is 9.48. The lowest BCUT2D eigenvalue weighted by atomic mass is 10.1. The van der Waals surface area contributed by atoms with Crippen LogP contribution in [0.2, 0.25) is 0 Å². The number of aromatic nitrogens is 1. The molecule has 0 aliphatic carbocycles. The van der Waals surface area contributed by atoms with Crippen LogP contribution in [0.15, 0.2) is 132 Å². The Kier molecular flexibility index (Phi) is 6.57. The lowest BCUT2D eigenvalue weighted by molar-refractivity contribution is 0.827. The fourth-order valence-corrected chi connectivity index (χ4v) is 4.95. The van der Waals surface area contributed by atoms with Gasteiger partial charge in [-0.05, 0) is 66.1 Å². The number of aryl methyl sites for hydroxylation is 1. The third-order valence-electron chi connectivity index (χ3n) is 6.84. The molecule has 0 fully saturated rings. The maximum absolute atomic E-state index is 4.96. The number of hydrogen-bond donors (Lipinski definition) is 0. The fraction of sp³-hybridized carbons (Fsp3) is 0.0571. The van der Waals surface area contributed by atoms with Crippen LogP contribution in [-0.2, 0) is 6.54 Å². The number of benzene rings is 5. The number of fused-ring (bicyclic) bond motifs is 3. The van der Waals surface area contributed by atoms with E-state index in [1.54, 1.807) is 0 Å². The molecule has 0 saturated heterocycles. The molecule has 0 radical (unpaired) electrons. The van der Waals surface area contributed by atoms with Crippen molar-refractivity contribution in [2.75, 3.05) is 5.01 Å². The zero-order valence-corrected chi connectivity index (χ0v) is 21.4. The van der Waals surface area contributed by atoms with Gasteiger partial charge in [-0.2, -0.15) is 5.10 Å². The third-order valence-corrected chi connectivity index (χ3v) is 6.84. The van der Waals surface area contributed by atoms with Crippen LogP contribution in [0.4, 0.5) is 11.4 Å². The molecule has 38 heavy (non-hydrogen) atoms. The second-order valence-electron chi connectivity index (χ2n) is 9.27. The van der Waals surface area contributed by atoms with Crippen LogP contribution in [0.25, 0.3) is 34.0 Å². The molecular formula is C35H29N3. The standard InChI is InChI=1S/C35H29N3/c1-2-37-34-16-10-9-15-32(34)33-25-29(21-24-35(33)37)26-36-38(30-13-7-4-8-14-30)31-22-19-28(20-23-31)18-17-27-11-5-3-6-12-27/h3-26H,2H2,1H3. The highest BCUT2D eigenvalue weighted by Gasteiger charge is 2.10. The van der Waals surface area contributed by atoms with Crippen LogP contribution in [0.3, 0.4) is 0 Å². The average Bonchev–Trinajstić information content (AvgIpc) is 3.31. The summed E-state index contributed by atoms with van der Waals surface area (Å²) in [7, 11) is 0. The van der Waals surface area contributed by atoms with Gasteiger partial charge in [0.25, 0.3) is 0 Å². The molecule has 0 aliphatic heterocycles. The monoisotopic (exact) mass is 491 g/mol. The Hall–Kier alpha value is -4.89. The first-order chi connectivity index (χ1) is 18.8. The molecule has 0 spiro atoms. The first-order valence-electron chi connectivity index (χ1n) is 13.0. The van der Waals surface area contributed by atoms with Crippen LogP contribution >= 0.6 is 0 Å². The van der Waals surface area contributed by atoms with E-state index in [0.29, 0.717) is 0 Å². The summed E-state index contributed by atoms with van der Waals surface area (Å²) < 4.78 is 2.37. The first kappa shape index (κ1) is 23.5. The molecule has 0 bridgehead atoms. The van der Waals surface area contributed by atoms with Crippen LogP contribution < -0.4 is 5.01 Å². The smallest absolute Gasteiger partial charge is 0.0653 e. The number of rotatable bonds is 7. The minimum absolute atomic E-state index is 0.940. The van der Waals surface area contributed by atoms with Crippen molar-refractivity contribution in [2.24, 2.45) is 5.10 Å². The van der Waals surface area contributed by atoms with E-state index in [4.69, 9.17) is 5.10 Å². The van der Waals surface area contributed by atoms with Crippen molar-refractivity contribution in [3.05, 3.63) is 144 Å². The van der Waals surface area contributed by atoms with E-state index in [-0.39, 0.29) is 0 Å². The number of anilines is 2. The van der Waals surface area contributed by atoms with Gasteiger partial charge in [-0.3, -0.25) is 0 Å². The zero-order valence-electron chi connectivity index (χ0n) is 21.4. The molecular weight excluding hydrogens is 462 g/mol. The summed E-state index contributed by atoms with van der Waals surface area (Å²) in [5.41, 5.74) is 7.95. The van der Waals surface area contributed by atoms with Gasteiger partial charge in [-0.25, -0.2) is 5.01 Å². The highest BCUT2D eigenvalue weighted by atomic mass is 15.5. The molecule has 1 heterocycles. The zero-order chi connectivity index (χ0) is 25.7. The third kappa shape index (κ3) is 4.74. The minimum Gasteiger partial charge on any atom is -0.341 e. The van der Waals surface area contributed by atoms with Gasteiger partial charge in [0.2, 0.25) is 0 Å². The van der Waals surface area contributed by atoms with Crippen molar-refractivity contribution in [3.63, 3.8) is 0 Å². The van der Waals surface area contributed by atoms with Gasteiger partial charge in [0, 0.05) is 28.4 Å². The van der Waals surface area contributed by atoms with E-state index in [9.17, 15) is 0 Å². The van der Waals surface area contributed by atoms with Gasteiger partial charge in [0.05, 0.1) is 17.6 Å². The van der Waals surface area contributed by atoms with Gasteiger partial charge < -0.3 is 4.57 Å². The molecule has 5 aromatic carbocycles. The molecule has 0 saturated carbocycles. The Morgan fingerprint density at radius 2 is 1.16 bits per heavy atom. The second-order valence-corrected chi connectivity index (χ2v) is 9.27. The number of hydrogen-bond acceptors (Lipinski definition) is 2. The van der Waals surface area contributed by atoms with E-state index >= 15 is 0 Å². The molecule has 0 unspecified atom stereocenters. The van der Waals surface area contributed by atoms with E-state index in [1.165, 1.54) is 27.4 Å². The molecule has 6 rings (SSSR count). The summed E-state index contributed by atoms with van der Waals surface area (Å²) in [6.07, 6.45) is 6.22. The summed E-state index contributed by atoms with van der Waals surface area (Å²) in [5.74, 6) is 0. The maximum Gasteiger partial charge on any atom is 0.0653 e. The van der Waals surface area contributed by atoms with Crippen LogP contribution in [0, 0.1) is 0 Å². The van der Waals surface area contributed by atoms with Crippen molar-refractivity contribution >= 4 is 51.5 Å². The summed E-state index contributed by atoms with van der Waals surface area (Å²) >= 11 is 0. The molecule has 3 heteroatoms. The van der Waals surface area contributed by atoms with Gasteiger partial charge in [-0.15, -0.1) is 0 Å². The van der Waals surface area contributed by atoms with Crippen molar-refractivity contribution in [3.8, 4) is 0 Å². The van der Waals surface area contributed by atoms with Crippen LogP contribution in [0.5, 0.6) is 0 Å². The fourth-order valence-electron chi connectivity index (χ4n) is 4.95. The van der Waals surface area contributed by atoms with Crippen molar-refractivity contribution in [1.29, 1.82) is 0 Å². The van der Waals surface area contributed by atoms with E-state index in [2.05, 4.69) is 127 Å². The summed E-state index contributed by atoms with van der Waals surface area (Å²) in [4.78, 5) is 0. The number of hydrazone groups is 1. The summed E-state index contributed by atoms with van der Waals surface area (Å²) in [6.45, 7) is 3.14. The summed E-state index contributed by atoms with van der Waals surface area (Å²) in [6, 6.07) is 44.3. The number of nitrogens with zero attached hydrogens (tertiary/aromatic N) is 3. The van der Waals surface area contributed by atoms with Crippen LogP contribution in [0.1, 0.15) is 23.6 Å².